The molecule has 4 nitrogen and oxygen atoms in total. The first-order valence-corrected chi connectivity index (χ1v) is 17.4. The molecule has 4 heteroatoms. The molecule has 3 fully saturated rings. The highest BCUT2D eigenvalue weighted by Crippen LogP contribution is 2.42. The van der Waals surface area contributed by atoms with Crippen molar-refractivity contribution in [1.29, 1.82) is 0 Å². The van der Waals surface area contributed by atoms with Crippen molar-refractivity contribution in [2.45, 2.75) is 116 Å². The molecule has 2 aromatic carbocycles. The Morgan fingerprint density at radius 2 is 1.36 bits per heavy atom. The van der Waals surface area contributed by atoms with Gasteiger partial charge < -0.3 is 4.74 Å². The highest BCUT2D eigenvalue weighted by molar-refractivity contribution is 5.83. The third kappa shape index (κ3) is 9.91. The van der Waals surface area contributed by atoms with Gasteiger partial charge in [0.2, 0.25) is 0 Å². The van der Waals surface area contributed by atoms with Crippen molar-refractivity contribution >= 4 is 5.97 Å². The molecule has 0 heterocycles. The molecule has 0 radical (unpaired) electrons. The first kappa shape index (κ1) is 34.2. The van der Waals surface area contributed by atoms with Gasteiger partial charge >= 0.3 is 5.97 Å². The van der Waals surface area contributed by atoms with Crippen LogP contribution < -0.4 is 4.74 Å². The molecule has 44 heavy (non-hydrogen) atoms. The van der Waals surface area contributed by atoms with E-state index in [4.69, 9.17) is 9.99 Å². The van der Waals surface area contributed by atoms with Crippen LogP contribution in [0.15, 0.2) is 73.8 Å². The van der Waals surface area contributed by atoms with Crippen molar-refractivity contribution in [3.63, 3.8) is 0 Å². The number of carbonyl (C=O) groups excluding carboxylic acids is 1. The molecule has 0 saturated heterocycles. The lowest BCUT2D eigenvalue weighted by molar-refractivity contribution is -0.278. The minimum Gasteiger partial charge on any atom is -0.423 e. The topological polar surface area (TPSA) is 55.8 Å². The summed E-state index contributed by atoms with van der Waals surface area (Å²) in [5.74, 6) is 5.10. The van der Waals surface area contributed by atoms with Crippen LogP contribution in [0.4, 0.5) is 0 Å². The van der Waals surface area contributed by atoms with E-state index < -0.39 is 5.97 Å². The lowest BCUT2D eigenvalue weighted by Crippen LogP contribution is -2.30. The molecule has 240 valence electrons. The standard InChI is InChI=1S/C24H28O2.C16H28O2/c1-3-5-18-6-8-19(9-7-18)20-10-12-21(13-11-20)22-14-16-23(17-15-22)26-24(25)4-2;1-3-16(18-17)15-10-8-14(9-11-15)13-6-4-12(2)5-7-13/h4,10-19H,2-3,5-9H2,1H3;3,12-17H,1,4-11H2,2H3. The monoisotopic (exact) mass is 600 g/mol. The van der Waals surface area contributed by atoms with E-state index in [2.05, 4.69) is 56.2 Å². The number of ether oxygens (including phenoxy) is 1. The van der Waals surface area contributed by atoms with Gasteiger partial charge in [-0.3, -0.25) is 5.26 Å². The Balaban J connectivity index is 0.000000215. The van der Waals surface area contributed by atoms with Crippen LogP contribution in [0.5, 0.6) is 5.75 Å². The van der Waals surface area contributed by atoms with Crippen molar-refractivity contribution in [2.75, 3.05) is 0 Å². The fraction of sp³-hybridized carbons (Fsp3) is 0.575. The van der Waals surface area contributed by atoms with E-state index in [1.165, 1.54) is 107 Å². The van der Waals surface area contributed by atoms with Gasteiger partial charge in [0.25, 0.3) is 0 Å². The molecule has 0 amide bonds. The van der Waals surface area contributed by atoms with Crippen LogP contribution in [-0.2, 0) is 9.68 Å². The average Bonchev–Trinajstić information content (AvgIpc) is 3.07. The molecule has 5 rings (SSSR count). The molecule has 3 saturated carbocycles. The van der Waals surface area contributed by atoms with Crippen LogP contribution in [0.3, 0.4) is 0 Å². The minimum atomic E-state index is -0.434. The summed E-state index contributed by atoms with van der Waals surface area (Å²) in [5, 5.41) is 8.85. The second kappa shape index (κ2) is 17.7. The summed E-state index contributed by atoms with van der Waals surface area (Å²) < 4.78 is 5.12. The number of rotatable bonds is 10. The quantitative estimate of drug-likeness (QED) is 0.0736. The van der Waals surface area contributed by atoms with E-state index in [9.17, 15) is 4.79 Å². The van der Waals surface area contributed by atoms with E-state index >= 15 is 0 Å². The molecular weight excluding hydrogens is 544 g/mol. The fourth-order valence-electron chi connectivity index (χ4n) is 8.04. The van der Waals surface area contributed by atoms with E-state index in [1.807, 2.05) is 24.3 Å². The number of carbonyl (C=O) groups is 1. The Morgan fingerprint density at radius 1 is 0.818 bits per heavy atom. The highest BCUT2D eigenvalue weighted by atomic mass is 17.1. The average molecular weight is 601 g/mol. The van der Waals surface area contributed by atoms with Crippen molar-refractivity contribution in [1.82, 2.24) is 0 Å². The minimum absolute atomic E-state index is 0.155. The number of hydrogen-bond donors (Lipinski definition) is 1. The molecule has 0 aliphatic heterocycles. The van der Waals surface area contributed by atoms with Crippen molar-refractivity contribution in [3.05, 3.63) is 79.4 Å². The molecule has 1 N–H and O–H groups in total. The Kier molecular flexibility index (Phi) is 13.8. The van der Waals surface area contributed by atoms with Gasteiger partial charge in [-0.15, -0.1) is 6.58 Å². The molecule has 0 aromatic heterocycles. The molecule has 3 aliphatic rings. The number of hydrogen-bond acceptors (Lipinski definition) is 4. The molecule has 1 atom stereocenters. The Morgan fingerprint density at radius 3 is 1.86 bits per heavy atom. The van der Waals surface area contributed by atoms with E-state index in [-0.39, 0.29) is 6.10 Å². The summed E-state index contributed by atoms with van der Waals surface area (Å²) in [7, 11) is 0. The van der Waals surface area contributed by atoms with Gasteiger partial charge in [-0.2, -0.15) is 0 Å². The Labute approximate surface area is 266 Å². The van der Waals surface area contributed by atoms with Gasteiger partial charge in [-0.25, -0.2) is 9.68 Å². The molecule has 3 aliphatic carbocycles. The van der Waals surface area contributed by atoms with E-state index in [0.717, 1.165) is 35.2 Å². The first-order chi connectivity index (χ1) is 21.4. The molecule has 2 aromatic rings. The molecule has 0 spiro atoms. The van der Waals surface area contributed by atoms with Gasteiger partial charge in [0, 0.05) is 6.08 Å². The lowest BCUT2D eigenvalue weighted by atomic mass is 9.69. The molecule has 1 unspecified atom stereocenters. The molecular formula is C40H56O4. The number of benzene rings is 2. The van der Waals surface area contributed by atoms with Gasteiger partial charge in [-0.1, -0.05) is 88.6 Å². The predicted octanol–water partition coefficient (Wildman–Crippen LogP) is 11.2. The zero-order valence-electron chi connectivity index (χ0n) is 27.3. The first-order valence-electron chi connectivity index (χ1n) is 17.4. The summed E-state index contributed by atoms with van der Waals surface area (Å²) in [4.78, 5) is 15.8. The zero-order valence-corrected chi connectivity index (χ0v) is 27.3. The van der Waals surface area contributed by atoms with Crippen LogP contribution in [-0.4, -0.2) is 17.3 Å². The van der Waals surface area contributed by atoms with Crippen LogP contribution in [0.2, 0.25) is 0 Å². The maximum absolute atomic E-state index is 11.2. The summed E-state index contributed by atoms with van der Waals surface area (Å²) in [6.45, 7) is 11.8. The van der Waals surface area contributed by atoms with Gasteiger partial charge in [-0.05, 0) is 129 Å². The van der Waals surface area contributed by atoms with Crippen LogP contribution in [0, 0.1) is 29.6 Å². The Bertz CT molecular complexity index is 1130. The van der Waals surface area contributed by atoms with Crippen molar-refractivity contribution in [2.24, 2.45) is 29.6 Å². The zero-order chi connectivity index (χ0) is 31.3. The third-order valence-electron chi connectivity index (χ3n) is 10.9. The fourth-order valence-corrected chi connectivity index (χ4v) is 8.04. The normalized spacial score (nSPS) is 27.7. The highest BCUT2D eigenvalue weighted by Gasteiger charge is 2.32. The van der Waals surface area contributed by atoms with Crippen molar-refractivity contribution in [3.8, 4) is 16.9 Å². The summed E-state index contributed by atoms with van der Waals surface area (Å²) in [6.07, 6.45) is 21.6. The second-order valence-electron chi connectivity index (χ2n) is 13.8. The smallest absolute Gasteiger partial charge is 0.335 e. The largest absolute Gasteiger partial charge is 0.423 e. The van der Waals surface area contributed by atoms with Gasteiger partial charge in [0.1, 0.15) is 11.9 Å². The SMILES string of the molecule is C=CC(=O)Oc1ccc(-c2ccc(C3CCC(CCC)CC3)cc2)cc1.C=CC(OO)C1CCC(C2CCC(C)CC2)CC1. The van der Waals surface area contributed by atoms with Crippen molar-refractivity contribution < 1.29 is 19.7 Å². The lowest BCUT2D eigenvalue weighted by Gasteiger charge is -2.38. The number of esters is 1. The second-order valence-corrected chi connectivity index (χ2v) is 13.8. The summed E-state index contributed by atoms with van der Waals surface area (Å²) in [5.41, 5.74) is 3.79. The van der Waals surface area contributed by atoms with Crippen LogP contribution in [0.1, 0.15) is 115 Å². The maximum atomic E-state index is 11.2. The molecule has 0 bridgehead atoms. The van der Waals surface area contributed by atoms with Crippen LogP contribution >= 0.6 is 0 Å². The maximum Gasteiger partial charge on any atom is 0.335 e. The van der Waals surface area contributed by atoms with Gasteiger partial charge in [0.15, 0.2) is 0 Å². The third-order valence-corrected chi connectivity index (χ3v) is 10.9. The predicted molar refractivity (Wildman–Crippen MR) is 182 cm³/mol. The van der Waals surface area contributed by atoms with Crippen LogP contribution in [0.25, 0.3) is 11.1 Å². The van der Waals surface area contributed by atoms with E-state index in [0.29, 0.717) is 11.7 Å². The van der Waals surface area contributed by atoms with Gasteiger partial charge in [0.05, 0.1) is 0 Å². The summed E-state index contributed by atoms with van der Waals surface area (Å²) >= 11 is 0. The van der Waals surface area contributed by atoms with E-state index in [1.54, 1.807) is 6.08 Å². The Hall–Kier alpha value is -2.69. The summed E-state index contributed by atoms with van der Waals surface area (Å²) in [6, 6.07) is 16.6.